The third-order valence-corrected chi connectivity index (χ3v) is 4.06. The Hall–Kier alpha value is -2.62. The van der Waals surface area contributed by atoms with Gasteiger partial charge in [0.2, 0.25) is 0 Å². The lowest BCUT2D eigenvalue weighted by molar-refractivity contribution is 0.340. The molecular formula is C19H22N2O2. The molecule has 0 saturated heterocycles. The number of hydrogen-bond donors (Lipinski definition) is 1. The summed E-state index contributed by atoms with van der Waals surface area (Å²) in [5, 5.41) is 1.02. The molecule has 1 aromatic heterocycles. The van der Waals surface area contributed by atoms with Crippen LogP contribution < -0.4 is 15.2 Å². The second-order valence-electron chi connectivity index (χ2n) is 5.35. The number of rotatable bonds is 5. The number of benzene rings is 2. The molecular weight excluding hydrogens is 288 g/mol. The lowest BCUT2D eigenvalue weighted by Gasteiger charge is -2.10. The fourth-order valence-electron chi connectivity index (χ4n) is 3.00. The van der Waals surface area contributed by atoms with Gasteiger partial charge in [0, 0.05) is 17.5 Å². The van der Waals surface area contributed by atoms with Gasteiger partial charge in [0.1, 0.15) is 11.5 Å². The molecule has 3 rings (SSSR count). The summed E-state index contributed by atoms with van der Waals surface area (Å²) in [5.74, 6) is 1.69. The quantitative estimate of drug-likeness (QED) is 0.763. The SMILES string of the molecule is CCOc1ccc(-c2c(N)c3cc(OC)ccc3n2CC)cc1. The highest BCUT2D eigenvalue weighted by Gasteiger charge is 2.16. The van der Waals surface area contributed by atoms with Crippen LogP contribution in [0.4, 0.5) is 5.69 Å². The number of aromatic nitrogens is 1. The van der Waals surface area contributed by atoms with Crippen LogP contribution in [0.5, 0.6) is 11.5 Å². The van der Waals surface area contributed by atoms with Gasteiger partial charge in [0.25, 0.3) is 0 Å². The highest BCUT2D eigenvalue weighted by molar-refractivity contribution is 6.01. The maximum absolute atomic E-state index is 6.46. The molecule has 2 N–H and O–H groups in total. The van der Waals surface area contributed by atoms with E-state index in [0.29, 0.717) is 6.61 Å². The predicted octanol–water partition coefficient (Wildman–Crippen LogP) is 4.32. The monoisotopic (exact) mass is 310 g/mol. The summed E-state index contributed by atoms with van der Waals surface area (Å²) >= 11 is 0. The van der Waals surface area contributed by atoms with Gasteiger partial charge in [-0.15, -0.1) is 0 Å². The van der Waals surface area contributed by atoms with Crippen molar-refractivity contribution in [3.63, 3.8) is 0 Å². The Morgan fingerprint density at radius 1 is 1.00 bits per heavy atom. The van der Waals surface area contributed by atoms with E-state index in [9.17, 15) is 0 Å². The molecule has 0 atom stereocenters. The summed E-state index contributed by atoms with van der Waals surface area (Å²) in [6.07, 6.45) is 0. The van der Waals surface area contributed by atoms with E-state index in [1.165, 1.54) is 0 Å². The van der Waals surface area contributed by atoms with Crippen molar-refractivity contribution in [1.82, 2.24) is 4.57 Å². The molecule has 0 fully saturated rings. The maximum Gasteiger partial charge on any atom is 0.119 e. The molecule has 0 aliphatic carbocycles. The van der Waals surface area contributed by atoms with Gasteiger partial charge in [-0.25, -0.2) is 0 Å². The van der Waals surface area contributed by atoms with Gasteiger partial charge in [-0.3, -0.25) is 0 Å². The highest BCUT2D eigenvalue weighted by atomic mass is 16.5. The Morgan fingerprint density at radius 2 is 1.70 bits per heavy atom. The molecule has 0 aliphatic heterocycles. The number of ether oxygens (including phenoxy) is 2. The van der Waals surface area contributed by atoms with Crippen LogP contribution in [-0.4, -0.2) is 18.3 Å². The minimum absolute atomic E-state index is 0.663. The van der Waals surface area contributed by atoms with E-state index in [2.05, 4.69) is 29.7 Å². The summed E-state index contributed by atoms with van der Waals surface area (Å²) < 4.78 is 13.1. The molecule has 23 heavy (non-hydrogen) atoms. The average Bonchev–Trinajstić information content (AvgIpc) is 2.87. The van der Waals surface area contributed by atoms with Gasteiger partial charge < -0.3 is 19.8 Å². The third-order valence-electron chi connectivity index (χ3n) is 4.06. The highest BCUT2D eigenvalue weighted by Crippen LogP contribution is 2.38. The van der Waals surface area contributed by atoms with E-state index in [1.54, 1.807) is 7.11 Å². The zero-order valence-corrected chi connectivity index (χ0v) is 13.8. The summed E-state index contributed by atoms with van der Waals surface area (Å²) in [7, 11) is 1.67. The summed E-state index contributed by atoms with van der Waals surface area (Å²) in [6.45, 7) is 5.62. The van der Waals surface area contributed by atoms with Crippen molar-refractivity contribution in [2.24, 2.45) is 0 Å². The van der Waals surface area contributed by atoms with Crippen molar-refractivity contribution in [2.75, 3.05) is 19.5 Å². The van der Waals surface area contributed by atoms with E-state index in [0.717, 1.165) is 45.9 Å². The fourth-order valence-corrected chi connectivity index (χ4v) is 3.00. The normalized spacial score (nSPS) is 10.9. The number of methoxy groups -OCH3 is 1. The number of hydrogen-bond acceptors (Lipinski definition) is 3. The number of anilines is 1. The summed E-state index contributed by atoms with van der Waals surface area (Å²) in [6, 6.07) is 14.1. The van der Waals surface area contributed by atoms with Gasteiger partial charge in [-0.2, -0.15) is 0 Å². The minimum Gasteiger partial charge on any atom is -0.497 e. The van der Waals surface area contributed by atoms with Crippen molar-refractivity contribution in [2.45, 2.75) is 20.4 Å². The smallest absolute Gasteiger partial charge is 0.119 e. The number of aryl methyl sites for hydroxylation is 1. The van der Waals surface area contributed by atoms with Crippen LogP contribution in [0.2, 0.25) is 0 Å². The van der Waals surface area contributed by atoms with Crippen molar-refractivity contribution in [3.05, 3.63) is 42.5 Å². The predicted molar refractivity (Wildman–Crippen MR) is 95.2 cm³/mol. The molecule has 0 spiro atoms. The van der Waals surface area contributed by atoms with Gasteiger partial charge in [-0.05, 0) is 56.3 Å². The lowest BCUT2D eigenvalue weighted by atomic mass is 10.1. The Labute approximate surface area is 136 Å². The number of nitrogens with zero attached hydrogens (tertiary/aromatic N) is 1. The summed E-state index contributed by atoms with van der Waals surface area (Å²) in [4.78, 5) is 0. The molecule has 1 heterocycles. The second kappa shape index (κ2) is 6.24. The van der Waals surface area contributed by atoms with Crippen LogP contribution in [0.25, 0.3) is 22.2 Å². The Kier molecular flexibility index (Phi) is 4.15. The van der Waals surface area contributed by atoms with Gasteiger partial charge >= 0.3 is 0 Å². The molecule has 120 valence electrons. The van der Waals surface area contributed by atoms with Crippen LogP contribution in [-0.2, 0) is 6.54 Å². The summed E-state index contributed by atoms with van der Waals surface area (Å²) in [5.41, 5.74) is 10.5. The molecule has 3 aromatic rings. The topological polar surface area (TPSA) is 49.4 Å². The van der Waals surface area contributed by atoms with E-state index in [-0.39, 0.29) is 0 Å². The fraction of sp³-hybridized carbons (Fsp3) is 0.263. The van der Waals surface area contributed by atoms with Crippen LogP contribution in [0.15, 0.2) is 42.5 Å². The van der Waals surface area contributed by atoms with Crippen molar-refractivity contribution < 1.29 is 9.47 Å². The van der Waals surface area contributed by atoms with E-state index < -0.39 is 0 Å². The zero-order valence-electron chi connectivity index (χ0n) is 13.8. The van der Waals surface area contributed by atoms with E-state index in [1.807, 2.05) is 31.2 Å². The molecule has 4 nitrogen and oxygen atoms in total. The largest absolute Gasteiger partial charge is 0.497 e. The molecule has 0 unspecified atom stereocenters. The first-order valence-electron chi connectivity index (χ1n) is 7.88. The lowest BCUT2D eigenvalue weighted by Crippen LogP contribution is -1.98. The molecule has 0 radical (unpaired) electrons. The second-order valence-corrected chi connectivity index (χ2v) is 5.35. The first-order chi connectivity index (χ1) is 11.2. The maximum atomic E-state index is 6.46. The van der Waals surface area contributed by atoms with E-state index in [4.69, 9.17) is 15.2 Å². The minimum atomic E-state index is 0.663. The van der Waals surface area contributed by atoms with Crippen LogP contribution in [0.1, 0.15) is 13.8 Å². The number of nitrogen functional groups attached to an aromatic ring is 1. The van der Waals surface area contributed by atoms with Gasteiger partial charge in [-0.1, -0.05) is 0 Å². The first kappa shape index (κ1) is 15.3. The Morgan fingerprint density at radius 3 is 2.30 bits per heavy atom. The van der Waals surface area contributed by atoms with Crippen LogP contribution in [0.3, 0.4) is 0 Å². The standard InChI is InChI=1S/C19H22N2O2/c1-4-21-17-11-10-15(22-3)12-16(17)18(20)19(21)13-6-8-14(9-7-13)23-5-2/h6-12H,4-5,20H2,1-3H3. The van der Waals surface area contributed by atoms with Crippen molar-refractivity contribution in [3.8, 4) is 22.8 Å². The zero-order chi connectivity index (χ0) is 16.4. The van der Waals surface area contributed by atoms with E-state index >= 15 is 0 Å². The molecule has 4 heteroatoms. The Bertz CT molecular complexity index is 819. The van der Waals surface area contributed by atoms with Crippen LogP contribution in [0, 0.1) is 0 Å². The van der Waals surface area contributed by atoms with Crippen LogP contribution >= 0.6 is 0 Å². The van der Waals surface area contributed by atoms with Crippen molar-refractivity contribution >= 4 is 16.6 Å². The Balaban J connectivity index is 2.17. The van der Waals surface area contributed by atoms with Crippen molar-refractivity contribution in [1.29, 1.82) is 0 Å². The molecule has 0 bridgehead atoms. The average molecular weight is 310 g/mol. The number of nitrogens with two attached hydrogens (primary N) is 1. The molecule has 0 amide bonds. The van der Waals surface area contributed by atoms with Gasteiger partial charge in [0.15, 0.2) is 0 Å². The molecule has 0 aliphatic rings. The van der Waals surface area contributed by atoms with Gasteiger partial charge in [0.05, 0.1) is 30.6 Å². The first-order valence-corrected chi connectivity index (χ1v) is 7.88. The third kappa shape index (κ3) is 2.61. The molecule has 0 saturated carbocycles. The number of fused-ring (bicyclic) bond motifs is 1. The molecule has 2 aromatic carbocycles.